The van der Waals surface area contributed by atoms with Gasteiger partial charge in [0.25, 0.3) is 15.9 Å². The normalized spacial score (nSPS) is 22.4. The fourth-order valence-corrected chi connectivity index (χ4v) is 9.14. The molecule has 2 fully saturated rings. The number of sulfonamides is 1. The van der Waals surface area contributed by atoms with Gasteiger partial charge in [-0.15, -0.1) is 0 Å². The number of amides is 1. The summed E-state index contributed by atoms with van der Waals surface area (Å²) in [6.07, 6.45) is 5.28. The second kappa shape index (κ2) is 12.9. The van der Waals surface area contributed by atoms with Gasteiger partial charge in [-0.3, -0.25) is 14.6 Å². The van der Waals surface area contributed by atoms with Gasteiger partial charge in [0, 0.05) is 55.4 Å². The Morgan fingerprint density at radius 1 is 0.979 bits per heavy atom. The van der Waals surface area contributed by atoms with E-state index in [4.69, 9.17) is 20.8 Å². The lowest BCUT2D eigenvalue weighted by Crippen LogP contribution is -2.54. The van der Waals surface area contributed by atoms with Crippen LogP contribution in [0.2, 0.25) is 5.02 Å². The van der Waals surface area contributed by atoms with E-state index in [0.29, 0.717) is 47.3 Å². The Balaban J connectivity index is 1.46. The van der Waals surface area contributed by atoms with E-state index >= 15 is 4.79 Å². The number of aryl methyl sites for hydroxylation is 1. The monoisotopic (exact) mass is 689 g/mol. The summed E-state index contributed by atoms with van der Waals surface area (Å²) in [5.74, 6) is 0.320. The molecule has 0 saturated carbocycles. The molecule has 12 heteroatoms. The molecular formula is C36H40ClN5O5S. The molecule has 1 amide bonds. The number of likely N-dealkylation sites (N-methyl/N-ethyl adjacent to an activating group) is 1. The number of aromatic nitrogens is 1. The van der Waals surface area contributed by atoms with Crippen LogP contribution < -0.4 is 9.04 Å². The molecule has 3 aliphatic rings. The number of hydrogen-bond acceptors (Lipinski definition) is 9. The van der Waals surface area contributed by atoms with Crippen molar-refractivity contribution in [3.63, 3.8) is 0 Å². The Hall–Kier alpha value is -3.74. The number of anilines is 1. The van der Waals surface area contributed by atoms with E-state index in [2.05, 4.69) is 21.8 Å². The molecule has 0 aliphatic carbocycles. The molecule has 0 N–H and O–H groups in total. The summed E-state index contributed by atoms with van der Waals surface area (Å²) in [5, 5.41) is 0.386. The maximum atomic E-state index is 15.6. The summed E-state index contributed by atoms with van der Waals surface area (Å²) in [6, 6.07) is 17.2. The zero-order chi connectivity index (χ0) is 33.6. The van der Waals surface area contributed by atoms with Crippen LogP contribution in [0.15, 0.2) is 82.4 Å². The van der Waals surface area contributed by atoms with Gasteiger partial charge >= 0.3 is 0 Å². The Labute approximate surface area is 286 Å². The lowest BCUT2D eigenvalue weighted by Gasteiger charge is -2.41. The van der Waals surface area contributed by atoms with Crippen molar-refractivity contribution in [3.8, 4) is 5.75 Å². The minimum atomic E-state index is -4.36. The number of ether oxygens (including phenoxy) is 1. The summed E-state index contributed by atoms with van der Waals surface area (Å²) < 4.78 is 42.1. The maximum Gasteiger partial charge on any atom is 0.271 e. The standard InChI is InChI=1S/C36H40ClN5O5S/c1-4-25-7-11-28(12-8-25)48(44,45)42-31-13-10-27(37)23-29(31)36(35(42)43,41-16-5-6-32(41)34-38-15-21-47-34)30-22-26(9-14-33(30)46-3)24-40-19-17-39(2)18-20-40/h7-15,21-23,32H,4-6,16-20,24H2,1-3H3. The van der Waals surface area contributed by atoms with E-state index < -0.39 is 27.5 Å². The van der Waals surface area contributed by atoms with Crippen LogP contribution >= 0.6 is 11.6 Å². The van der Waals surface area contributed by atoms with Crippen molar-refractivity contribution in [2.75, 3.05) is 51.2 Å². The number of methoxy groups -OCH3 is 1. The summed E-state index contributed by atoms with van der Waals surface area (Å²) in [6.45, 7) is 6.93. The number of benzene rings is 3. The molecule has 10 nitrogen and oxygen atoms in total. The lowest BCUT2D eigenvalue weighted by atomic mass is 9.80. The maximum absolute atomic E-state index is 15.6. The molecule has 3 aliphatic heterocycles. The van der Waals surface area contributed by atoms with Crippen LogP contribution in [0, 0.1) is 0 Å². The number of likely N-dealkylation sites (tertiary alicyclic amines) is 1. The number of piperazine rings is 1. The van der Waals surface area contributed by atoms with Gasteiger partial charge in [-0.25, -0.2) is 17.7 Å². The van der Waals surface area contributed by atoms with Gasteiger partial charge in [-0.2, -0.15) is 0 Å². The SMILES string of the molecule is CCc1ccc(S(=O)(=O)N2C(=O)C(c3cc(CN4CCN(C)CC4)ccc3OC)(N3CCCC3c3ncco3)c3cc(Cl)ccc32)cc1. The first kappa shape index (κ1) is 32.8. The van der Waals surface area contributed by atoms with Crippen molar-refractivity contribution in [3.05, 3.63) is 106 Å². The summed E-state index contributed by atoms with van der Waals surface area (Å²) in [4.78, 5) is 26.9. The van der Waals surface area contributed by atoms with Gasteiger partial charge in [-0.05, 0) is 79.9 Å². The predicted molar refractivity (Wildman–Crippen MR) is 184 cm³/mol. The molecule has 0 spiro atoms. The number of fused-ring (bicyclic) bond motifs is 1. The quantitative estimate of drug-likeness (QED) is 0.227. The van der Waals surface area contributed by atoms with Crippen LogP contribution in [0.3, 0.4) is 0 Å². The Morgan fingerprint density at radius 3 is 2.42 bits per heavy atom. The number of carbonyl (C=O) groups is 1. The lowest BCUT2D eigenvalue weighted by molar-refractivity contribution is -0.127. The molecule has 7 rings (SSSR count). The van der Waals surface area contributed by atoms with Gasteiger partial charge in [-0.1, -0.05) is 36.7 Å². The molecule has 0 bridgehead atoms. The number of carbonyl (C=O) groups excluding carboxylic acids is 1. The first-order valence-electron chi connectivity index (χ1n) is 16.4. The number of nitrogens with zero attached hydrogens (tertiary/aromatic N) is 5. The second-order valence-electron chi connectivity index (χ2n) is 12.8. The highest BCUT2D eigenvalue weighted by atomic mass is 35.5. The van der Waals surface area contributed by atoms with Crippen molar-refractivity contribution < 1.29 is 22.4 Å². The predicted octanol–water partition coefficient (Wildman–Crippen LogP) is 5.46. The van der Waals surface area contributed by atoms with Crippen LogP contribution in [0.25, 0.3) is 0 Å². The largest absolute Gasteiger partial charge is 0.496 e. The minimum Gasteiger partial charge on any atom is -0.496 e. The molecule has 252 valence electrons. The van der Waals surface area contributed by atoms with Crippen LogP contribution in [-0.2, 0) is 33.3 Å². The smallest absolute Gasteiger partial charge is 0.271 e. The van der Waals surface area contributed by atoms with Crippen molar-refractivity contribution in [2.24, 2.45) is 0 Å². The van der Waals surface area contributed by atoms with E-state index in [1.54, 1.807) is 55.8 Å². The average Bonchev–Trinajstić information content (AvgIpc) is 3.85. The number of oxazole rings is 1. The molecule has 1 aromatic heterocycles. The highest BCUT2D eigenvalue weighted by Crippen LogP contribution is 2.56. The second-order valence-corrected chi connectivity index (χ2v) is 15.0. The molecule has 4 heterocycles. The molecule has 2 saturated heterocycles. The van der Waals surface area contributed by atoms with Crippen LogP contribution in [0.4, 0.5) is 5.69 Å². The number of hydrogen-bond donors (Lipinski definition) is 0. The number of halogens is 1. The highest BCUT2D eigenvalue weighted by molar-refractivity contribution is 7.93. The third-order valence-corrected chi connectivity index (χ3v) is 12.0. The van der Waals surface area contributed by atoms with Gasteiger partial charge in [0.2, 0.25) is 5.89 Å². The Morgan fingerprint density at radius 2 is 1.73 bits per heavy atom. The molecule has 2 unspecified atom stereocenters. The van der Waals surface area contributed by atoms with Gasteiger partial charge in [0.05, 0.1) is 29.9 Å². The third kappa shape index (κ3) is 5.42. The summed E-state index contributed by atoms with van der Waals surface area (Å²) in [7, 11) is -0.657. The topological polar surface area (TPSA) is 99.4 Å². The molecule has 2 atom stereocenters. The molecule has 0 radical (unpaired) electrons. The fraction of sp³-hybridized carbons (Fsp3) is 0.389. The van der Waals surface area contributed by atoms with Crippen molar-refractivity contribution in [1.82, 2.24) is 19.7 Å². The molecular weight excluding hydrogens is 650 g/mol. The summed E-state index contributed by atoms with van der Waals surface area (Å²) >= 11 is 6.72. The van der Waals surface area contributed by atoms with Crippen molar-refractivity contribution in [1.29, 1.82) is 0 Å². The first-order chi connectivity index (χ1) is 23.2. The van der Waals surface area contributed by atoms with E-state index in [0.717, 1.165) is 54.5 Å². The zero-order valence-corrected chi connectivity index (χ0v) is 29.0. The van der Waals surface area contributed by atoms with E-state index in [1.165, 1.54) is 6.26 Å². The molecule has 4 aromatic rings. The Bertz CT molecular complexity index is 1910. The van der Waals surface area contributed by atoms with Crippen molar-refractivity contribution in [2.45, 2.75) is 49.2 Å². The van der Waals surface area contributed by atoms with Crippen molar-refractivity contribution >= 4 is 33.2 Å². The van der Waals surface area contributed by atoms with E-state index in [1.807, 2.05) is 30.0 Å². The highest BCUT2D eigenvalue weighted by Gasteiger charge is 2.62. The van der Waals surface area contributed by atoms with Gasteiger partial charge < -0.3 is 14.1 Å². The molecule has 48 heavy (non-hydrogen) atoms. The zero-order valence-electron chi connectivity index (χ0n) is 27.4. The van der Waals surface area contributed by atoms with E-state index in [-0.39, 0.29) is 10.6 Å². The van der Waals surface area contributed by atoms with Gasteiger partial charge in [0.15, 0.2) is 5.54 Å². The number of rotatable bonds is 9. The fourth-order valence-electron chi connectivity index (χ4n) is 7.50. The molecule has 3 aromatic carbocycles. The summed E-state index contributed by atoms with van der Waals surface area (Å²) in [5.41, 5.74) is 1.65. The van der Waals surface area contributed by atoms with Crippen LogP contribution in [0.5, 0.6) is 5.75 Å². The van der Waals surface area contributed by atoms with Crippen LogP contribution in [-0.4, -0.2) is 80.9 Å². The third-order valence-electron chi connectivity index (χ3n) is 10.0. The Kier molecular flexibility index (Phi) is 8.84. The van der Waals surface area contributed by atoms with Gasteiger partial charge in [0.1, 0.15) is 12.0 Å². The minimum absolute atomic E-state index is 0.0335. The van der Waals surface area contributed by atoms with Crippen LogP contribution in [0.1, 0.15) is 54.0 Å². The average molecular weight is 690 g/mol. The first-order valence-corrected chi connectivity index (χ1v) is 18.2. The van der Waals surface area contributed by atoms with E-state index in [9.17, 15) is 8.42 Å².